The number of hydrogen-bond donors (Lipinski definition) is 1. The zero-order chi connectivity index (χ0) is 12.3. The molecule has 0 aliphatic heterocycles. The molecule has 0 fully saturated rings. The van der Waals surface area contributed by atoms with Gasteiger partial charge >= 0.3 is 6.98 Å². The van der Waals surface area contributed by atoms with Crippen LogP contribution in [0.3, 0.4) is 0 Å². The topological polar surface area (TPSA) is 48.8 Å². The largest absolute Gasteiger partial charge is 0.509 e. The van der Waals surface area contributed by atoms with Crippen molar-refractivity contribution in [2.24, 2.45) is 5.11 Å². The highest BCUT2D eigenvalue weighted by atomic mass is 32.1. The Labute approximate surface area is 95.8 Å². The first-order valence-corrected chi connectivity index (χ1v) is 4.84. The highest BCUT2D eigenvalue weighted by Crippen LogP contribution is 2.19. The maximum atomic E-state index is 12.7. The summed E-state index contributed by atoms with van der Waals surface area (Å²) < 4.78 is 38.0. The molecular formula is C8H8BF3N3S-. The Hall–Kier alpha value is -1.27. The Bertz CT molecular complexity index is 455. The van der Waals surface area contributed by atoms with Gasteiger partial charge in [-0.15, -0.1) is 18.1 Å². The fraction of sp³-hybridized carbons (Fsp3) is 0.250. The monoisotopic (exact) mass is 246 g/mol. The number of hydrogen-bond acceptors (Lipinski definition) is 2. The Morgan fingerprint density at radius 2 is 2.06 bits per heavy atom. The number of azide groups is 1. The molecule has 1 aromatic carbocycles. The number of benzene rings is 1. The van der Waals surface area contributed by atoms with Crippen molar-refractivity contribution in [2.75, 3.05) is 0 Å². The SMILES string of the molecule is Cc1c(CN=[N+]=[N-])cc(S)cc1[B-](F)(F)F. The smallest absolute Gasteiger partial charge is 0.445 e. The van der Waals surface area contributed by atoms with E-state index < -0.39 is 12.4 Å². The Morgan fingerprint density at radius 1 is 1.44 bits per heavy atom. The summed E-state index contributed by atoms with van der Waals surface area (Å²) in [5, 5.41) is 3.25. The highest BCUT2D eigenvalue weighted by Gasteiger charge is 2.28. The lowest BCUT2D eigenvalue weighted by Crippen LogP contribution is -2.36. The fourth-order valence-electron chi connectivity index (χ4n) is 1.39. The summed E-state index contributed by atoms with van der Waals surface area (Å²) in [5.74, 6) is 0. The van der Waals surface area contributed by atoms with Crippen LogP contribution in [0.2, 0.25) is 0 Å². The van der Waals surface area contributed by atoms with Crippen molar-refractivity contribution in [3.8, 4) is 0 Å². The number of rotatable bonds is 3. The lowest BCUT2D eigenvalue weighted by Gasteiger charge is -2.20. The van der Waals surface area contributed by atoms with Crippen LogP contribution in [0.15, 0.2) is 22.1 Å². The normalized spacial score (nSPS) is 11.1. The molecule has 0 saturated carbocycles. The van der Waals surface area contributed by atoms with Crippen molar-refractivity contribution in [3.63, 3.8) is 0 Å². The summed E-state index contributed by atoms with van der Waals surface area (Å²) in [6.07, 6.45) is 0. The summed E-state index contributed by atoms with van der Waals surface area (Å²) in [6.45, 7) is -3.81. The van der Waals surface area contributed by atoms with Gasteiger partial charge in [0.25, 0.3) is 0 Å². The molecule has 0 heterocycles. The molecule has 0 atom stereocenters. The predicted molar refractivity (Wildman–Crippen MR) is 60.0 cm³/mol. The molecule has 0 unspecified atom stereocenters. The van der Waals surface area contributed by atoms with E-state index in [0.29, 0.717) is 5.56 Å². The van der Waals surface area contributed by atoms with Crippen molar-refractivity contribution in [1.82, 2.24) is 0 Å². The zero-order valence-electron chi connectivity index (χ0n) is 8.36. The number of thiol groups is 1. The molecule has 0 spiro atoms. The average Bonchev–Trinajstić information content (AvgIpc) is 2.17. The van der Waals surface area contributed by atoms with Crippen LogP contribution < -0.4 is 5.46 Å². The molecule has 0 radical (unpaired) electrons. The first-order valence-electron chi connectivity index (χ1n) is 4.39. The van der Waals surface area contributed by atoms with Gasteiger partial charge in [0.15, 0.2) is 0 Å². The van der Waals surface area contributed by atoms with Gasteiger partial charge < -0.3 is 12.9 Å². The molecule has 0 aromatic heterocycles. The molecule has 0 amide bonds. The summed E-state index contributed by atoms with van der Waals surface area (Å²) >= 11 is 3.90. The maximum absolute atomic E-state index is 12.7. The Kier molecular flexibility index (Phi) is 3.77. The van der Waals surface area contributed by atoms with E-state index in [1.54, 1.807) is 0 Å². The van der Waals surface area contributed by atoms with Crippen molar-refractivity contribution >= 4 is 25.1 Å². The lowest BCUT2D eigenvalue weighted by molar-refractivity contribution is 0.500. The van der Waals surface area contributed by atoms with Crippen LogP contribution in [0.1, 0.15) is 11.1 Å². The first-order chi connectivity index (χ1) is 7.36. The van der Waals surface area contributed by atoms with E-state index in [1.165, 1.54) is 13.0 Å². The Balaban J connectivity index is 3.31. The van der Waals surface area contributed by atoms with E-state index in [-0.39, 0.29) is 17.0 Å². The summed E-state index contributed by atoms with van der Waals surface area (Å²) in [6, 6.07) is 2.45. The van der Waals surface area contributed by atoms with E-state index in [9.17, 15) is 12.9 Å². The van der Waals surface area contributed by atoms with Crippen LogP contribution in [0.4, 0.5) is 12.9 Å². The second-order valence-corrected chi connectivity index (χ2v) is 3.80. The third-order valence-electron chi connectivity index (χ3n) is 2.20. The van der Waals surface area contributed by atoms with Crippen LogP contribution in [-0.2, 0) is 6.54 Å². The molecule has 0 aliphatic carbocycles. The number of nitrogens with zero attached hydrogens (tertiary/aromatic N) is 3. The molecule has 0 saturated heterocycles. The van der Waals surface area contributed by atoms with Gasteiger partial charge in [-0.3, -0.25) is 0 Å². The van der Waals surface area contributed by atoms with Crippen LogP contribution in [0, 0.1) is 6.92 Å². The highest BCUT2D eigenvalue weighted by molar-refractivity contribution is 7.80. The van der Waals surface area contributed by atoms with E-state index in [1.807, 2.05) is 0 Å². The van der Waals surface area contributed by atoms with E-state index in [4.69, 9.17) is 5.53 Å². The second-order valence-electron chi connectivity index (χ2n) is 3.28. The molecule has 1 aromatic rings. The van der Waals surface area contributed by atoms with Gasteiger partial charge in [-0.2, -0.15) is 0 Å². The lowest BCUT2D eigenvalue weighted by atomic mass is 9.76. The van der Waals surface area contributed by atoms with Gasteiger partial charge in [-0.25, -0.2) is 0 Å². The van der Waals surface area contributed by atoms with Crippen molar-refractivity contribution in [3.05, 3.63) is 33.7 Å². The van der Waals surface area contributed by atoms with E-state index in [2.05, 4.69) is 22.7 Å². The second kappa shape index (κ2) is 4.72. The Morgan fingerprint density at radius 3 is 2.56 bits per heavy atom. The quantitative estimate of drug-likeness (QED) is 0.280. The molecule has 16 heavy (non-hydrogen) atoms. The molecule has 0 bridgehead atoms. The maximum Gasteiger partial charge on any atom is 0.509 e. The van der Waals surface area contributed by atoms with Gasteiger partial charge in [-0.05, 0) is 24.1 Å². The van der Waals surface area contributed by atoms with Crippen LogP contribution in [-0.4, -0.2) is 6.98 Å². The number of halogens is 3. The van der Waals surface area contributed by atoms with Gasteiger partial charge in [0, 0.05) is 9.81 Å². The van der Waals surface area contributed by atoms with Crippen molar-refractivity contribution in [2.45, 2.75) is 18.4 Å². The zero-order valence-corrected chi connectivity index (χ0v) is 9.26. The third-order valence-corrected chi connectivity index (χ3v) is 2.46. The minimum Gasteiger partial charge on any atom is -0.445 e. The molecule has 8 heteroatoms. The van der Waals surface area contributed by atoms with Gasteiger partial charge in [0.05, 0.1) is 6.54 Å². The summed E-state index contributed by atoms with van der Waals surface area (Å²) in [5.41, 5.74) is 7.90. The van der Waals surface area contributed by atoms with Crippen molar-refractivity contribution < 1.29 is 12.9 Å². The molecule has 86 valence electrons. The average molecular weight is 246 g/mol. The van der Waals surface area contributed by atoms with Crippen LogP contribution >= 0.6 is 12.6 Å². The minimum absolute atomic E-state index is 0.0951. The molecule has 1 rings (SSSR count). The van der Waals surface area contributed by atoms with E-state index in [0.717, 1.165) is 6.07 Å². The standard InChI is InChI=1S/C8H8BF3N3S/c1-5-6(4-14-15-13)2-7(16)3-8(5)9(10,11)12/h2-3,16H,4H2,1H3/q-1. The summed E-state index contributed by atoms with van der Waals surface area (Å²) in [7, 11) is 0. The molecule has 3 nitrogen and oxygen atoms in total. The molecular weight excluding hydrogens is 238 g/mol. The van der Waals surface area contributed by atoms with E-state index >= 15 is 0 Å². The molecule has 0 N–H and O–H groups in total. The van der Waals surface area contributed by atoms with Gasteiger partial charge in [0.1, 0.15) is 0 Å². The first kappa shape index (κ1) is 12.8. The third kappa shape index (κ3) is 2.87. The van der Waals surface area contributed by atoms with Crippen molar-refractivity contribution in [1.29, 1.82) is 0 Å². The predicted octanol–water partition coefficient (Wildman–Crippen LogP) is 3.15. The van der Waals surface area contributed by atoms with Gasteiger partial charge in [0.2, 0.25) is 0 Å². The van der Waals surface area contributed by atoms with Gasteiger partial charge in [-0.1, -0.05) is 16.7 Å². The molecule has 0 aliphatic rings. The minimum atomic E-state index is -5.07. The van der Waals surface area contributed by atoms with Crippen LogP contribution in [0.5, 0.6) is 0 Å². The fourth-order valence-corrected chi connectivity index (χ4v) is 1.69. The van der Waals surface area contributed by atoms with Crippen LogP contribution in [0.25, 0.3) is 10.4 Å². The summed E-state index contributed by atoms with van der Waals surface area (Å²) in [4.78, 5) is 2.73.